The van der Waals surface area contributed by atoms with Crippen LogP contribution in [0.3, 0.4) is 0 Å². The minimum atomic E-state index is -0.320. The molecule has 28 heavy (non-hydrogen) atoms. The summed E-state index contributed by atoms with van der Waals surface area (Å²) in [6.45, 7) is 1.31. The summed E-state index contributed by atoms with van der Waals surface area (Å²) in [6, 6.07) is 18.3. The molecule has 0 bridgehead atoms. The van der Waals surface area contributed by atoms with Gasteiger partial charge in [-0.3, -0.25) is 9.59 Å². The van der Waals surface area contributed by atoms with Crippen molar-refractivity contribution in [3.8, 4) is 5.75 Å². The minimum absolute atomic E-state index is 0.0136. The maximum absolute atomic E-state index is 12.5. The average Bonchev–Trinajstić information content (AvgIpc) is 3.28. The molecular formula is C22H20N2O4. The van der Waals surface area contributed by atoms with Crippen molar-refractivity contribution < 1.29 is 18.7 Å². The summed E-state index contributed by atoms with van der Waals surface area (Å²) >= 11 is 0. The molecule has 6 nitrogen and oxygen atoms in total. The maximum atomic E-state index is 12.5. The molecule has 2 amide bonds. The summed E-state index contributed by atoms with van der Waals surface area (Å²) in [5.74, 6) is 0.458. The third kappa shape index (κ3) is 4.06. The molecule has 0 atom stereocenters. The fourth-order valence-corrected chi connectivity index (χ4v) is 3.18. The van der Waals surface area contributed by atoms with Crippen molar-refractivity contribution in [2.45, 2.75) is 13.0 Å². The molecule has 0 radical (unpaired) electrons. The van der Waals surface area contributed by atoms with Gasteiger partial charge in [-0.25, -0.2) is 0 Å². The molecule has 2 aromatic carbocycles. The van der Waals surface area contributed by atoms with E-state index in [2.05, 4.69) is 17.4 Å². The number of nitrogens with zero attached hydrogens (tertiary/aromatic N) is 1. The van der Waals surface area contributed by atoms with E-state index in [1.807, 2.05) is 17.0 Å². The van der Waals surface area contributed by atoms with E-state index in [-0.39, 0.29) is 24.2 Å². The number of furan rings is 1. The Morgan fingerprint density at radius 1 is 1.00 bits per heavy atom. The van der Waals surface area contributed by atoms with Crippen LogP contribution in [0.5, 0.6) is 5.75 Å². The highest BCUT2D eigenvalue weighted by Crippen LogP contribution is 2.20. The number of fused-ring (bicyclic) bond motifs is 1. The fraction of sp³-hybridized carbons (Fsp3) is 0.182. The minimum Gasteiger partial charge on any atom is -0.484 e. The van der Waals surface area contributed by atoms with Gasteiger partial charge in [-0.05, 0) is 53.9 Å². The molecule has 1 aromatic heterocycles. The average molecular weight is 376 g/mol. The second kappa shape index (κ2) is 8.00. The number of hydrogen-bond donors (Lipinski definition) is 1. The van der Waals surface area contributed by atoms with Crippen molar-refractivity contribution in [3.05, 3.63) is 83.8 Å². The number of amides is 2. The van der Waals surface area contributed by atoms with Crippen LogP contribution in [0, 0.1) is 0 Å². The molecule has 0 saturated heterocycles. The number of benzene rings is 2. The second-order valence-electron chi connectivity index (χ2n) is 6.58. The van der Waals surface area contributed by atoms with E-state index in [0.717, 1.165) is 6.42 Å². The highest BCUT2D eigenvalue weighted by molar-refractivity contribution is 6.02. The lowest BCUT2D eigenvalue weighted by Gasteiger charge is -2.28. The van der Waals surface area contributed by atoms with Gasteiger partial charge in [0, 0.05) is 18.8 Å². The molecule has 2 heterocycles. The topological polar surface area (TPSA) is 71.8 Å². The summed E-state index contributed by atoms with van der Waals surface area (Å²) in [6.07, 6.45) is 2.32. The van der Waals surface area contributed by atoms with Crippen LogP contribution in [0.25, 0.3) is 0 Å². The Balaban J connectivity index is 1.29. The van der Waals surface area contributed by atoms with Crippen LogP contribution in [-0.2, 0) is 17.8 Å². The van der Waals surface area contributed by atoms with Gasteiger partial charge in [-0.15, -0.1) is 0 Å². The van der Waals surface area contributed by atoms with E-state index in [1.54, 1.807) is 36.4 Å². The third-order valence-corrected chi connectivity index (χ3v) is 4.70. The van der Waals surface area contributed by atoms with E-state index >= 15 is 0 Å². The third-order valence-electron chi connectivity index (χ3n) is 4.70. The fourth-order valence-electron chi connectivity index (χ4n) is 3.18. The van der Waals surface area contributed by atoms with Gasteiger partial charge in [-0.2, -0.15) is 0 Å². The first-order chi connectivity index (χ1) is 13.7. The second-order valence-corrected chi connectivity index (χ2v) is 6.58. The first kappa shape index (κ1) is 17.9. The van der Waals surface area contributed by atoms with Crippen LogP contribution < -0.4 is 10.1 Å². The molecule has 142 valence electrons. The monoisotopic (exact) mass is 376 g/mol. The number of hydrogen-bond acceptors (Lipinski definition) is 4. The molecule has 1 aliphatic rings. The van der Waals surface area contributed by atoms with Crippen LogP contribution in [-0.4, -0.2) is 29.9 Å². The standard InChI is InChI=1S/C22H20N2O4/c25-21(24-12-11-16-4-1-2-5-17(16)14-24)15-28-19-9-7-18(8-10-19)23-22(26)20-6-3-13-27-20/h1-10,13H,11-12,14-15H2,(H,23,26). The molecule has 4 rings (SSSR count). The Hall–Kier alpha value is -3.54. The molecule has 1 N–H and O–H groups in total. The van der Waals surface area contributed by atoms with E-state index in [0.29, 0.717) is 24.5 Å². The first-order valence-corrected chi connectivity index (χ1v) is 9.11. The van der Waals surface area contributed by atoms with Gasteiger partial charge in [0.25, 0.3) is 11.8 Å². The van der Waals surface area contributed by atoms with Crippen molar-refractivity contribution in [3.63, 3.8) is 0 Å². The normalized spacial score (nSPS) is 12.9. The summed E-state index contributed by atoms with van der Waals surface area (Å²) in [4.78, 5) is 26.2. The molecule has 1 aliphatic heterocycles. The van der Waals surface area contributed by atoms with Gasteiger partial charge < -0.3 is 19.4 Å². The lowest BCUT2D eigenvalue weighted by atomic mass is 10.00. The number of ether oxygens (including phenoxy) is 1. The molecule has 3 aromatic rings. The lowest BCUT2D eigenvalue weighted by molar-refractivity contribution is -0.134. The van der Waals surface area contributed by atoms with Crippen LogP contribution in [0.4, 0.5) is 5.69 Å². The Labute approximate surface area is 162 Å². The van der Waals surface area contributed by atoms with Crippen molar-refractivity contribution in [2.75, 3.05) is 18.5 Å². The SMILES string of the molecule is O=C(Nc1ccc(OCC(=O)N2CCc3ccccc3C2)cc1)c1ccco1. The summed E-state index contributed by atoms with van der Waals surface area (Å²) < 4.78 is 10.7. The largest absolute Gasteiger partial charge is 0.484 e. The van der Waals surface area contributed by atoms with Crippen LogP contribution in [0.1, 0.15) is 21.7 Å². The zero-order valence-electron chi connectivity index (χ0n) is 15.3. The van der Waals surface area contributed by atoms with Crippen molar-refractivity contribution in [1.82, 2.24) is 4.90 Å². The molecule has 0 spiro atoms. The Kier molecular flexibility index (Phi) is 5.10. The molecule has 0 aliphatic carbocycles. The maximum Gasteiger partial charge on any atom is 0.291 e. The number of carbonyl (C=O) groups is 2. The zero-order chi connectivity index (χ0) is 19.3. The zero-order valence-corrected chi connectivity index (χ0v) is 15.3. The van der Waals surface area contributed by atoms with Gasteiger partial charge in [0.1, 0.15) is 5.75 Å². The van der Waals surface area contributed by atoms with Crippen LogP contribution in [0.2, 0.25) is 0 Å². The molecule has 0 unspecified atom stereocenters. The van der Waals surface area contributed by atoms with E-state index in [1.165, 1.54) is 17.4 Å². The molecule has 0 saturated carbocycles. The molecule has 6 heteroatoms. The Morgan fingerprint density at radius 2 is 1.79 bits per heavy atom. The smallest absolute Gasteiger partial charge is 0.291 e. The number of carbonyl (C=O) groups excluding carboxylic acids is 2. The van der Waals surface area contributed by atoms with Crippen LogP contribution in [0.15, 0.2) is 71.3 Å². The quantitative estimate of drug-likeness (QED) is 0.740. The number of anilines is 1. The van der Waals surface area contributed by atoms with E-state index in [9.17, 15) is 9.59 Å². The van der Waals surface area contributed by atoms with Crippen molar-refractivity contribution in [1.29, 1.82) is 0 Å². The van der Waals surface area contributed by atoms with E-state index < -0.39 is 0 Å². The van der Waals surface area contributed by atoms with Gasteiger partial charge in [0.15, 0.2) is 12.4 Å². The Bertz CT molecular complexity index is 964. The summed E-state index contributed by atoms with van der Waals surface area (Å²) in [5, 5.41) is 2.73. The number of nitrogens with one attached hydrogen (secondary N) is 1. The Morgan fingerprint density at radius 3 is 2.54 bits per heavy atom. The van der Waals surface area contributed by atoms with Crippen molar-refractivity contribution >= 4 is 17.5 Å². The predicted molar refractivity (Wildman–Crippen MR) is 104 cm³/mol. The molecular weight excluding hydrogens is 356 g/mol. The first-order valence-electron chi connectivity index (χ1n) is 9.11. The van der Waals surface area contributed by atoms with Crippen LogP contribution >= 0.6 is 0 Å². The van der Waals surface area contributed by atoms with Gasteiger partial charge >= 0.3 is 0 Å². The van der Waals surface area contributed by atoms with Gasteiger partial charge in [-0.1, -0.05) is 24.3 Å². The summed E-state index contributed by atoms with van der Waals surface area (Å²) in [5.41, 5.74) is 3.12. The van der Waals surface area contributed by atoms with Gasteiger partial charge in [0.05, 0.1) is 6.26 Å². The van der Waals surface area contributed by atoms with Gasteiger partial charge in [0.2, 0.25) is 0 Å². The lowest BCUT2D eigenvalue weighted by Crippen LogP contribution is -2.38. The number of rotatable bonds is 5. The molecule has 0 fully saturated rings. The summed E-state index contributed by atoms with van der Waals surface area (Å²) in [7, 11) is 0. The van der Waals surface area contributed by atoms with E-state index in [4.69, 9.17) is 9.15 Å². The van der Waals surface area contributed by atoms with Crippen molar-refractivity contribution in [2.24, 2.45) is 0 Å². The predicted octanol–water partition coefficient (Wildman–Crippen LogP) is 3.50. The highest BCUT2D eigenvalue weighted by atomic mass is 16.5. The highest BCUT2D eigenvalue weighted by Gasteiger charge is 2.20.